The summed E-state index contributed by atoms with van der Waals surface area (Å²) in [7, 11) is -8.64. The minimum Gasteiger partial charge on any atom is -0.417 e. The van der Waals surface area contributed by atoms with Gasteiger partial charge >= 0.3 is 0 Å². The van der Waals surface area contributed by atoms with Crippen molar-refractivity contribution in [1.29, 1.82) is 0 Å². The smallest absolute Gasteiger partial charge is 0.192 e. The van der Waals surface area contributed by atoms with Gasteiger partial charge in [-0.25, -0.2) is 4.98 Å². The van der Waals surface area contributed by atoms with E-state index in [2.05, 4.69) is 201 Å². The van der Waals surface area contributed by atoms with E-state index in [0.717, 1.165) is 36.2 Å². The van der Waals surface area contributed by atoms with E-state index in [1.807, 2.05) is 6.08 Å². The number of carbonyl (C=O) groups excluding carboxylic acids is 1. The summed E-state index contributed by atoms with van der Waals surface area (Å²) in [5.74, 6) is 0.0345. The summed E-state index contributed by atoms with van der Waals surface area (Å²) in [6.45, 7) is 61.9. The second-order valence-corrected chi connectivity index (χ2v) is 46.6. The molecule has 0 amide bonds. The van der Waals surface area contributed by atoms with E-state index in [4.69, 9.17) is 22.7 Å². The lowest BCUT2D eigenvalue weighted by molar-refractivity contribution is -0.141. The number of benzene rings is 1. The van der Waals surface area contributed by atoms with Crippen molar-refractivity contribution < 1.29 is 22.5 Å². The molecular formula is C54H101NO5SSi4. The zero-order chi connectivity index (χ0) is 50.6. The Bertz CT molecular complexity index is 1890. The third kappa shape index (κ3) is 16.3. The van der Waals surface area contributed by atoms with Crippen LogP contribution in [-0.4, -0.2) is 62.9 Å². The highest BCUT2D eigenvalue weighted by atomic mass is 32.1. The van der Waals surface area contributed by atoms with E-state index in [-0.39, 0.29) is 56.1 Å². The van der Waals surface area contributed by atoms with Gasteiger partial charge < -0.3 is 17.7 Å². The van der Waals surface area contributed by atoms with Crippen LogP contribution in [0.4, 0.5) is 0 Å². The average molecular weight is 989 g/mol. The number of rotatable bonds is 24. The van der Waals surface area contributed by atoms with Gasteiger partial charge in [0.25, 0.3) is 0 Å². The standard InChI is InChI=1S/C54H101NO5SSi4/c1-27-29-43(49(56)54(17,18)47(59-64(23,24)52(11,12)13)36-37-57-62(19,20)50(5,6)7)48(60-65(25,26)53(14,15)16)40(3)31-28-30-39(2)32-34-45(58-63(21,22)51(8,9)10)42-33-35-46-44(38-42)55-41(4)61-46/h27,32-33,35,38,40,43,45,47-48H,1,28-31,34,36-37H2,2-26H3/b39-32+/t40-,43+,45-,47-,48-/m0/s1. The zero-order valence-electron chi connectivity index (χ0n) is 46.8. The first-order valence-electron chi connectivity index (χ1n) is 25.0. The minimum atomic E-state index is -2.30. The first-order valence-corrected chi connectivity index (χ1v) is 37.4. The molecular weight excluding hydrogens is 887 g/mol. The number of aromatic nitrogens is 1. The number of ketones is 1. The van der Waals surface area contributed by atoms with Crippen LogP contribution in [0.5, 0.6) is 0 Å². The van der Waals surface area contributed by atoms with E-state index in [1.165, 1.54) is 15.8 Å². The van der Waals surface area contributed by atoms with Crippen molar-refractivity contribution in [2.45, 2.75) is 247 Å². The van der Waals surface area contributed by atoms with E-state index in [9.17, 15) is 0 Å². The number of fused-ring (bicyclic) bond motifs is 1. The molecule has 0 unspecified atom stereocenters. The van der Waals surface area contributed by atoms with Crippen LogP contribution in [0, 0.1) is 24.2 Å². The van der Waals surface area contributed by atoms with Crippen LogP contribution in [-0.2, 0) is 22.5 Å². The van der Waals surface area contributed by atoms with Gasteiger partial charge in [-0.05, 0) is 149 Å². The highest BCUT2D eigenvalue weighted by Gasteiger charge is 2.50. The number of allylic oxidation sites excluding steroid dienone is 2. The van der Waals surface area contributed by atoms with Crippen LogP contribution < -0.4 is 0 Å². The fraction of sp³-hybridized carbons (Fsp3) is 0.778. The highest BCUT2D eigenvalue weighted by molar-refractivity contribution is 7.18. The number of carbonyl (C=O) groups is 1. The normalized spacial score (nSPS) is 17.0. The van der Waals surface area contributed by atoms with Gasteiger partial charge in [-0.2, -0.15) is 0 Å². The Kier molecular flexibility index (Phi) is 20.7. The van der Waals surface area contributed by atoms with Crippen molar-refractivity contribution in [3.05, 3.63) is 53.1 Å². The maximum Gasteiger partial charge on any atom is 0.192 e. The molecule has 2 rings (SSSR count). The molecule has 1 aromatic heterocycles. The Morgan fingerprint density at radius 3 is 1.75 bits per heavy atom. The molecule has 1 aromatic carbocycles. The van der Waals surface area contributed by atoms with Crippen molar-refractivity contribution in [3.8, 4) is 0 Å². The fourth-order valence-electron chi connectivity index (χ4n) is 7.38. The Hall–Kier alpha value is -1.03. The summed E-state index contributed by atoms with van der Waals surface area (Å²) in [6, 6.07) is 6.71. The first-order chi connectivity index (χ1) is 29.1. The van der Waals surface area contributed by atoms with Gasteiger partial charge in [0.15, 0.2) is 33.3 Å². The highest BCUT2D eigenvalue weighted by Crippen LogP contribution is 2.46. The number of Topliss-reactive ketones (excluding diaryl/α,β-unsaturated/α-hetero) is 1. The van der Waals surface area contributed by atoms with Crippen molar-refractivity contribution in [2.24, 2.45) is 17.3 Å². The molecule has 2 aromatic rings. The molecule has 374 valence electrons. The molecule has 0 radical (unpaired) electrons. The fourth-order valence-corrected chi connectivity index (χ4v) is 13.5. The number of nitrogens with zero attached hydrogens (tertiary/aromatic N) is 1. The van der Waals surface area contributed by atoms with Gasteiger partial charge in [0.2, 0.25) is 0 Å². The average Bonchev–Trinajstić information content (AvgIpc) is 3.51. The number of thiazole rings is 1. The maximum absolute atomic E-state index is 15.6. The van der Waals surface area contributed by atoms with Crippen LogP contribution in [0.15, 0.2) is 42.5 Å². The third-order valence-corrected chi connectivity index (χ3v) is 35.3. The molecule has 5 atom stereocenters. The molecule has 0 aliphatic heterocycles. The summed E-state index contributed by atoms with van der Waals surface area (Å²) in [6.07, 6.45) is 8.81. The van der Waals surface area contributed by atoms with Crippen LogP contribution >= 0.6 is 11.3 Å². The number of hydrogen-bond acceptors (Lipinski definition) is 7. The van der Waals surface area contributed by atoms with Gasteiger partial charge in [0.05, 0.1) is 33.5 Å². The Labute approximate surface area is 409 Å². The molecule has 0 N–H and O–H groups in total. The van der Waals surface area contributed by atoms with Crippen LogP contribution in [0.1, 0.15) is 166 Å². The summed E-state index contributed by atoms with van der Waals surface area (Å²) < 4.78 is 29.9. The molecule has 65 heavy (non-hydrogen) atoms. The molecule has 0 aliphatic rings. The second-order valence-electron chi connectivity index (χ2n) is 26.3. The first kappa shape index (κ1) is 60.1. The number of aryl methyl sites for hydroxylation is 1. The zero-order valence-corrected chi connectivity index (χ0v) is 51.6. The molecule has 6 nitrogen and oxygen atoms in total. The lowest BCUT2D eigenvalue weighted by Crippen LogP contribution is -2.55. The topological polar surface area (TPSA) is 66.9 Å². The Balaban J connectivity index is 2.50. The summed E-state index contributed by atoms with van der Waals surface area (Å²) in [5.41, 5.74) is 2.86. The summed E-state index contributed by atoms with van der Waals surface area (Å²) in [5, 5.41) is 1.27. The van der Waals surface area contributed by atoms with Crippen LogP contribution in [0.25, 0.3) is 10.2 Å². The largest absolute Gasteiger partial charge is 0.417 e. The minimum absolute atomic E-state index is 0.00596. The van der Waals surface area contributed by atoms with Gasteiger partial charge in [0, 0.05) is 17.9 Å². The molecule has 0 bridgehead atoms. The van der Waals surface area contributed by atoms with Gasteiger partial charge in [-0.3, -0.25) is 4.79 Å². The predicted molar refractivity (Wildman–Crippen MR) is 296 cm³/mol. The summed E-state index contributed by atoms with van der Waals surface area (Å²) in [4.78, 5) is 20.4. The molecule has 0 spiro atoms. The summed E-state index contributed by atoms with van der Waals surface area (Å²) >= 11 is 1.75. The van der Waals surface area contributed by atoms with Crippen LogP contribution in [0.2, 0.25) is 72.5 Å². The van der Waals surface area contributed by atoms with E-state index >= 15 is 4.79 Å². The van der Waals surface area contributed by atoms with Gasteiger partial charge in [-0.15, -0.1) is 17.9 Å². The molecule has 0 saturated carbocycles. The molecule has 0 aliphatic carbocycles. The van der Waals surface area contributed by atoms with Gasteiger partial charge in [0.1, 0.15) is 5.78 Å². The molecule has 0 saturated heterocycles. The van der Waals surface area contributed by atoms with Gasteiger partial charge in [-0.1, -0.05) is 128 Å². The Morgan fingerprint density at radius 2 is 1.25 bits per heavy atom. The van der Waals surface area contributed by atoms with Crippen molar-refractivity contribution in [2.75, 3.05) is 6.61 Å². The molecule has 11 heteroatoms. The van der Waals surface area contributed by atoms with Crippen molar-refractivity contribution in [3.63, 3.8) is 0 Å². The number of hydrogen-bond donors (Lipinski definition) is 0. The van der Waals surface area contributed by atoms with Crippen LogP contribution in [0.3, 0.4) is 0 Å². The lowest BCUT2D eigenvalue weighted by atomic mass is 9.71. The van der Waals surface area contributed by atoms with E-state index in [0.29, 0.717) is 19.4 Å². The van der Waals surface area contributed by atoms with E-state index in [1.54, 1.807) is 11.3 Å². The second kappa shape index (κ2) is 22.4. The third-order valence-electron chi connectivity index (χ3n) is 16.3. The SMILES string of the molecule is C=CC[C@@H](C(=O)C(C)(C)[C@H](CCO[Si](C)(C)C(C)(C)C)O[Si](C)(C)C(C)(C)C)[C@@H](O[Si](C)(C)C(C)(C)C)[C@@H](C)CCC/C(C)=C/C[C@H](O[Si](C)(C)C(C)(C)C)c1ccc2sc(C)nc2c1. The monoisotopic (exact) mass is 988 g/mol. The van der Waals surface area contributed by atoms with Crippen molar-refractivity contribution in [1.82, 2.24) is 4.98 Å². The Morgan fingerprint density at radius 1 is 0.738 bits per heavy atom. The lowest BCUT2D eigenvalue weighted by Gasteiger charge is -2.47. The quantitative estimate of drug-likeness (QED) is 0.0771. The molecule has 1 heterocycles. The maximum atomic E-state index is 15.6. The van der Waals surface area contributed by atoms with Crippen molar-refractivity contribution >= 4 is 60.6 Å². The van der Waals surface area contributed by atoms with E-state index < -0.39 is 38.7 Å². The predicted octanol–water partition coefficient (Wildman–Crippen LogP) is 17.8. The molecule has 0 fully saturated rings.